The van der Waals surface area contributed by atoms with Gasteiger partial charge in [0.25, 0.3) is 0 Å². The SMILES string of the molecule is CC(C)NCc1cc(-c2ccsc2)ccc1F. The second-order valence-electron chi connectivity index (χ2n) is 4.35. The molecule has 0 aliphatic heterocycles. The van der Waals surface area contributed by atoms with Crippen molar-refractivity contribution in [2.45, 2.75) is 26.4 Å². The molecule has 2 aromatic rings. The molecule has 0 bridgehead atoms. The Labute approximate surface area is 105 Å². The Hall–Kier alpha value is -1.19. The summed E-state index contributed by atoms with van der Waals surface area (Å²) in [5.74, 6) is -0.142. The van der Waals surface area contributed by atoms with E-state index >= 15 is 0 Å². The number of nitrogens with one attached hydrogen (secondary N) is 1. The van der Waals surface area contributed by atoms with Gasteiger partial charge in [0.1, 0.15) is 5.82 Å². The lowest BCUT2D eigenvalue weighted by molar-refractivity contribution is 0.553. The summed E-state index contributed by atoms with van der Waals surface area (Å²) in [5.41, 5.74) is 2.96. The lowest BCUT2D eigenvalue weighted by Gasteiger charge is -2.10. The molecule has 90 valence electrons. The molecule has 1 N–H and O–H groups in total. The van der Waals surface area contributed by atoms with E-state index in [1.54, 1.807) is 17.4 Å². The summed E-state index contributed by atoms with van der Waals surface area (Å²) in [6.07, 6.45) is 0. The van der Waals surface area contributed by atoms with E-state index in [1.807, 2.05) is 17.5 Å². The van der Waals surface area contributed by atoms with Crippen LogP contribution in [0.3, 0.4) is 0 Å². The van der Waals surface area contributed by atoms with Gasteiger partial charge in [-0.15, -0.1) is 0 Å². The van der Waals surface area contributed by atoms with Gasteiger partial charge in [0.15, 0.2) is 0 Å². The first kappa shape index (κ1) is 12.3. The molecule has 3 heteroatoms. The third-order valence-corrected chi connectivity index (χ3v) is 3.28. The average molecular weight is 249 g/mol. The van der Waals surface area contributed by atoms with Crippen molar-refractivity contribution in [1.82, 2.24) is 5.32 Å². The molecule has 0 saturated carbocycles. The molecule has 1 aromatic carbocycles. The van der Waals surface area contributed by atoms with Gasteiger partial charge in [0.2, 0.25) is 0 Å². The molecule has 0 amide bonds. The zero-order valence-corrected chi connectivity index (χ0v) is 10.9. The molecule has 0 spiro atoms. The fraction of sp³-hybridized carbons (Fsp3) is 0.286. The van der Waals surface area contributed by atoms with Gasteiger partial charge in [-0.25, -0.2) is 4.39 Å². The van der Waals surface area contributed by atoms with Crippen molar-refractivity contribution in [3.05, 3.63) is 46.4 Å². The van der Waals surface area contributed by atoms with Gasteiger partial charge < -0.3 is 5.32 Å². The lowest BCUT2D eigenvalue weighted by atomic mass is 10.1. The van der Waals surface area contributed by atoms with E-state index in [2.05, 4.69) is 30.6 Å². The molecule has 2 rings (SSSR count). The van der Waals surface area contributed by atoms with Gasteiger partial charge in [-0.1, -0.05) is 19.9 Å². The van der Waals surface area contributed by atoms with Gasteiger partial charge in [-0.3, -0.25) is 0 Å². The lowest BCUT2D eigenvalue weighted by Crippen LogP contribution is -2.22. The van der Waals surface area contributed by atoms with Crippen LogP contribution in [0, 0.1) is 5.82 Å². The Morgan fingerprint density at radius 3 is 2.71 bits per heavy atom. The summed E-state index contributed by atoms with van der Waals surface area (Å²) in [7, 11) is 0. The minimum Gasteiger partial charge on any atom is -0.310 e. The smallest absolute Gasteiger partial charge is 0.127 e. The Morgan fingerprint density at radius 2 is 2.06 bits per heavy atom. The predicted molar refractivity (Wildman–Crippen MR) is 71.7 cm³/mol. The average Bonchev–Trinajstić information content (AvgIpc) is 2.81. The van der Waals surface area contributed by atoms with Crippen LogP contribution in [0.5, 0.6) is 0 Å². The number of hydrogen-bond donors (Lipinski definition) is 1. The highest BCUT2D eigenvalue weighted by atomic mass is 32.1. The van der Waals surface area contributed by atoms with E-state index in [1.165, 1.54) is 0 Å². The maximum Gasteiger partial charge on any atom is 0.127 e. The van der Waals surface area contributed by atoms with Crippen molar-refractivity contribution in [2.75, 3.05) is 0 Å². The van der Waals surface area contributed by atoms with Crippen LogP contribution in [-0.2, 0) is 6.54 Å². The van der Waals surface area contributed by atoms with Gasteiger partial charge >= 0.3 is 0 Å². The second kappa shape index (κ2) is 5.43. The molecular formula is C14H16FNS. The van der Waals surface area contributed by atoms with Crippen LogP contribution in [0.15, 0.2) is 35.0 Å². The molecule has 0 radical (unpaired) electrons. The maximum absolute atomic E-state index is 13.6. The van der Waals surface area contributed by atoms with Crippen molar-refractivity contribution in [1.29, 1.82) is 0 Å². The van der Waals surface area contributed by atoms with Crippen LogP contribution >= 0.6 is 11.3 Å². The quantitative estimate of drug-likeness (QED) is 0.862. The highest BCUT2D eigenvalue weighted by Gasteiger charge is 2.06. The topological polar surface area (TPSA) is 12.0 Å². The zero-order valence-electron chi connectivity index (χ0n) is 10.0. The first-order valence-electron chi connectivity index (χ1n) is 5.71. The maximum atomic E-state index is 13.6. The number of halogens is 1. The molecular weight excluding hydrogens is 233 g/mol. The Balaban J connectivity index is 2.23. The number of thiophene rings is 1. The summed E-state index contributed by atoms with van der Waals surface area (Å²) >= 11 is 1.65. The first-order valence-corrected chi connectivity index (χ1v) is 6.65. The van der Waals surface area contributed by atoms with E-state index in [4.69, 9.17) is 0 Å². The molecule has 0 unspecified atom stereocenters. The monoisotopic (exact) mass is 249 g/mol. The highest BCUT2D eigenvalue weighted by molar-refractivity contribution is 7.08. The Morgan fingerprint density at radius 1 is 1.24 bits per heavy atom. The normalized spacial score (nSPS) is 11.1. The summed E-state index contributed by atoms with van der Waals surface area (Å²) in [6.45, 7) is 4.68. The third-order valence-electron chi connectivity index (χ3n) is 2.60. The molecule has 1 heterocycles. The van der Waals surface area contributed by atoms with Crippen LogP contribution < -0.4 is 5.32 Å². The van der Waals surface area contributed by atoms with E-state index in [-0.39, 0.29) is 5.82 Å². The van der Waals surface area contributed by atoms with Crippen molar-refractivity contribution in [3.63, 3.8) is 0 Å². The number of benzene rings is 1. The summed E-state index contributed by atoms with van der Waals surface area (Å²) < 4.78 is 13.6. The van der Waals surface area contributed by atoms with Crippen molar-refractivity contribution in [2.24, 2.45) is 0 Å². The van der Waals surface area contributed by atoms with Crippen LogP contribution in [0.25, 0.3) is 11.1 Å². The van der Waals surface area contributed by atoms with Crippen LogP contribution in [0.4, 0.5) is 4.39 Å². The van der Waals surface area contributed by atoms with Crippen molar-refractivity contribution < 1.29 is 4.39 Å². The van der Waals surface area contributed by atoms with E-state index in [9.17, 15) is 4.39 Å². The standard InChI is InChI=1S/C14H16FNS/c1-10(2)16-8-13-7-11(3-4-14(13)15)12-5-6-17-9-12/h3-7,9-10,16H,8H2,1-2H3. The van der Waals surface area contributed by atoms with Crippen LogP contribution in [0.2, 0.25) is 0 Å². The molecule has 0 atom stereocenters. The minimum atomic E-state index is -0.142. The molecule has 17 heavy (non-hydrogen) atoms. The van der Waals surface area contributed by atoms with Crippen molar-refractivity contribution >= 4 is 11.3 Å². The Kier molecular flexibility index (Phi) is 3.92. The molecule has 1 aromatic heterocycles. The molecule has 0 saturated heterocycles. The predicted octanol–water partition coefficient (Wildman–Crippen LogP) is 4.05. The summed E-state index contributed by atoms with van der Waals surface area (Å²) in [5, 5.41) is 7.35. The fourth-order valence-electron chi connectivity index (χ4n) is 1.63. The van der Waals surface area contributed by atoms with E-state index < -0.39 is 0 Å². The van der Waals surface area contributed by atoms with Crippen molar-refractivity contribution in [3.8, 4) is 11.1 Å². The highest BCUT2D eigenvalue weighted by Crippen LogP contribution is 2.24. The molecule has 1 nitrogen and oxygen atoms in total. The number of rotatable bonds is 4. The molecule has 0 aliphatic rings. The summed E-state index contributed by atoms with van der Waals surface area (Å²) in [4.78, 5) is 0. The van der Waals surface area contributed by atoms with Gasteiger partial charge in [-0.05, 0) is 40.1 Å². The van der Waals surface area contributed by atoms with Gasteiger partial charge in [0.05, 0.1) is 0 Å². The van der Waals surface area contributed by atoms with E-state index in [0.29, 0.717) is 12.6 Å². The Bertz CT molecular complexity index is 477. The third kappa shape index (κ3) is 3.14. The number of hydrogen-bond acceptors (Lipinski definition) is 2. The molecule has 0 aliphatic carbocycles. The second-order valence-corrected chi connectivity index (χ2v) is 5.13. The van der Waals surface area contributed by atoms with Crippen LogP contribution in [0.1, 0.15) is 19.4 Å². The molecule has 0 fully saturated rings. The minimum absolute atomic E-state index is 0.142. The summed E-state index contributed by atoms with van der Waals surface area (Å²) in [6, 6.07) is 7.71. The largest absolute Gasteiger partial charge is 0.310 e. The van der Waals surface area contributed by atoms with Crippen LogP contribution in [-0.4, -0.2) is 6.04 Å². The first-order chi connectivity index (χ1) is 8.16. The fourth-order valence-corrected chi connectivity index (χ4v) is 2.30. The van der Waals surface area contributed by atoms with E-state index in [0.717, 1.165) is 16.7 Å². The van der Waals surface area contributed by atoms with Gasteiger partial charge in [-0.2, -0.15) is 11.3 Å². The zero-order chi connectivity index (χ0) is 12.3. The van der Waals surface area contributed by atoms with Gasteiger partial charge in [0, 0.05) is 18.2 Å².